The molecule has 0 spiro atoms. The summed E-state index contributed by atoms with van der Waals surface area (Å²) < 4.78 is 1.31. The molecule has 3 aromatic rings. The second-order valence-corrected chi connectivity index (χ2v) is 11.5. The van der Waals surface area contributed by atoms with Crippen LogP contribution >= 0.6 is 11.6 Å². The minimum atomic E-state index is -0.554. The van der Waals surface area contributed by atoms with E-state index in [4.69, 9.17) is 11.6 Å². The number of carbonyl (C=O) groups excluding carboxylic acids is 2. The minimum absolute atomic E-state index is 0.0428. The highest BCUT2D eigenvalue weighted by molar-refractivity contribution is 6.30. The molecule has 4 heterocycles. The molecule has 2 N–H and O–H groups in total. The smallest absolute Gasteiger partial charge is 0.265 e. The first-order chi connectivity index (χ1) is 18.1. The number of pyridine rings is 2. The van der Waals surface area contributed by atoms with Crippen LogP contribution in [0.1, 0.15) is 41.8 Å². The molecule has 0 bridgehead atoms. The summed E-state index contributed by atoms with van der Waals surface area (Å²) in [5.41, 5.74) is 1.57. The summed E-state index contributed by atoms with van der Waals surface area (Å²) in [6.07, 6.45) is 2.09. The quantitative estimate of drug-likeness (QED) is 0.479. The Kier molecular flexibility index (Phi) is 7.26. The Bertz CT molecular complexity index is 1430. The van der Waals surface area contributed by atoms with Gasteiger partial charge in [-0.3, -0.25) is 23.9 Å². The molecule has 0 radical (unpaired) electrons. The van der Waals surface area contributed by atoms with Gasteiger partial charge in [-0.25, -0.2) is 4.98 Å². The van der Waals surface area contributed by atoms with Gasteiger partial charge >= 0.3 is 0 Å². The number of halogens is 1. The van der Waals surface area contributed by atoms with E-state index in [0.717, 1.165) is 24.1 Å². The molecule has 1 atom stereocenters. The topological polar surface area (TPSA) is 108 Å². The molecule has 38 heavy (non-hydrogen) atoms. The number of fused-ring (bicyclic) bond motifs is 1. The van der Waals surface area contributed by atoms with Gasteiger partial charge in [0.05, 0.1) is 6.10 Å². The molecular weight excluding hydrogens is 506 g/mol. The molecule has 0 saturated carbocycles. The van der Waals surface area contributed by atoms with Crippen molar-refractivity contribution in [1.29, 1.82) is 0 Å². The third-order valence-corrected chi connectivity index (χ3v) is 7.38. The van der Waals surface area contributed by atoms with Crippen molar-refractivity contribution < 1.29 is 14.7 Å². The van der Waals surface area contributed by atoms with Gasteiger partial charge < -0.3 is 15.3 Å². The number of β-amino-alcohol motifs (C(OH)–C–C–N with tert-alkyl or cyclic N) is 1. The van der Waals surface area contributed by atoms with Crippen molar-refractivity contribution in [1.82, 2.24) is 24.7 Å². The average Bonchev–Trinajstić information content (AvgIpc) is 3.27. The van der Waals surface area contributed by atoms with E-state index in [0.29, 0.717) is 42.2 Å². The van der Waals surface area contributed by atoms with E-state index in [1.165, 1.54) is 4.57 Å². The number of hydrogen-bond donors (Lipinski definition) is 2. The van der Waals surface area contributed by atoms with E-state index >= 15 is 0 Å². The molecule has 1 unspecified atom stereocenters. The zero-order valence-electron chi connectivity index (χ0n) is 21.6. The van der Waals surface area contributed by atoms with Crippen molar-refractivity contribution in [3.63, 3.8) is 0 Å². The molecule has 2 fully saturated rings. The molecule has 2 aromatic heterocycles. The highest BCUT2D eigenvalue weighted by Crippen LogP contribution is 2.29. The Morgan fingerprint density at radius 1 is 1.16 bits per heavy atom. The van der Waals surface area contributed by atoms with Gasteiger partial charge in [0.1, 0.15) is 17.8 Å². The number of hydrogen-bond acceptors (Lipinski definition) is 6. The lowest BCUT2D eigenvalue weighted by Crippen LogP contribution is -2.56. The second-order valence-electron chi connectivity index (χ2n) is 11.1. The summed E-state index contributed by atoms with van der Waals surface area (Å²) in [4.78, 5) is 48.1. The zero-order valence-corrected chi connectivity index (χ0v) is 22.4. The summed E-state index contributed by atoms with van der Waals surface area (Å²) in [7, 11) is 0. The number of nitrogens with one attached hydrogen (secondary N) is 1. The highest BCUT2D eigenvalue weighted by atomic mass is 35.5. The van der Waals surface area contributed by atoms with Crippen molar-refractivity contribution in [2.24, 2.45) is 5.41 Å². The first-order valence-electron chi connectivity index (χ1n) is 12.8. The highest BCUT2D eigenvalue weighted by Gasteiger charge is 2.37. The van der Waals surface area contributed by atoms with Gasteiger partial charge in [0.15, 0.2) is 0 Å². The Balaban J connectivity index is 1.45. The number of amides is 2. The summed E-state index contributed by atoms with van der Waals surface area (Å²) >= 11 is 5.95. The van der Waals surface area contributed by atoms with Crippen LogP contribution in [-0.4, -0.2) is 68.6 Å². The maximum Gasteiger partial charge on any atom is 0.265 e. The van der Waals surface area contributed by atoms with Crippen LogP contribution in [0.4, 0.5) is 0 Å². The number of aromatic nitrogens is 2. The second kappa shape index (κ2) is 10.5. The van der Waals surface area contributed by atoms with E-state index < -0.39 is 11.5 Å². The van der Waals surface area contributed by atoms with Gasteiger partial charge in [-0.2, -0.15) is 0 Å². The number of benzene rings is 1. The van der Waals surface area contributed by atoms with Crippen LogP contribution in [0, 0.1) is 5.41 Å². The van der Waals surface area contributed by atoms with Crippen molar-refractivity contribution in [3.8, 4) is 0 Å². The number of carbonyl (C=O) groups is 2. The number of aliphatic hydroxyl groups excluding tert-OH is 1. The van der Waals surface area contributed by atoms with Crippen molar-refractivity contribution in [2.45, 2.75) is 46.0 Å². The first-order valence-corrected chi connectivity index (χ1v) is 13.2. The zero-order chi connectivity index (χ0) is 27.0. The SMILES string of the molecule is CC1(C)CN(C(=O)Cn2c(=O)c(C(=O)NCc3ccc(Cl)cc3)cc3cc(CN4CCC(O)C4)cnc32)C1. The molecule has 200 valence electrons. The molecule has 10 heteroatoms. The lowest BCUT2D eigenvalue weighted by atomic mass is 9.84. The molecular formula is C28H32ClN5O4. The van der Waals surface area contributed by atoms with E-state index in [1.807, 2.05) is 6.07 Å². The van der Waals surface area contributed by atoms with Crippen LogP contribution in [0.3, 0.4) is 0 Å². The molecule has 0 aliphatic carbocycles. The number of nitrogens with zero attached hydrogens (tertiary/aromatic N) is 4. The van der Waals surface area contributed by atoms with Gasteiger partial charge in [0.25, 0.3) is 11.5 Å². The lowest BCUT2D eigenvalue weighted by Gasteiger charge is -2.45. The standard InChI is InChI=1S/C28H32ClN5O4/c1-28(2)16-33(17-28)24(36)15-34-25-20(9-19(12-30-25)13-32-8-7-22(35)14-32)10-23(27(34)38)26(37)31-11-18-3-5-21(29)6-4-18/h3-6,9-10,12,22,35H,7-8,11,13-17H2,1-2H3,(H,31,37). The van der Waals surface area contributed by atoms with Crippen molar-refractivity contribution in [2.75, 3.05) is 26.2 Å². The normalized spacial score (nSPS) is 18.9. The molecule has 2 amide bonds. The number of aliphatic hydroxyl groups is 1. The Labute approximate surface area is 226 Å². The van der Waals surface area contributed by atoms with Crippen LogP contribution in [0.5, 0.6) is 0 Å². The Hall–Kier alpha value is -3.27. The van der Waals surface area contributed by atoms with Gasteiger partial charge in [0.2, 0.25) is 5.91 Å². The third kappa shape index (κ3) is 5.75. The van der Waals surface area contributed by atoms with E-state index in [-0.39, 0.29) is 36.1 Å². The van der Waals surface area contributed by atoms with E-state index in [9.17, 15) is 19.5 Å². The molecule has 2 saturated heterocycles. The fourth-order valence-corrected chi connectivity index (χ4v) is 5.33. The Morgan fingerprint density at radius 2 is 1.89 bits per heavy atom. The van der Waals surface area contributed by atoms with Crippen LogP contribution < -0.4 is 10.9 Å². The molecule has 1 aromatic carbocycles. The van der Waals surface area contributed by atoms with Gasteiger partial charge in [0, 0.05) is 55.9 Å². The summed E-state index contributed by atoms with van der Waals surface area (Å²) in [6, 6.07) is 10.5. The third-order valence-electron chi connectivity index (χ3n) is 7.13. The largest absolute Gasteiger partial charge is 0.392 e. The van der Waals surface area contributed by atoms with Crippen LogP contribution in [0.25, 0.3) is 11.0 Å². The van der Waals surface area contributed by atoms with E-state index in [2.05, 4.69) is 29.0 Å². The summed E-state index contributed by atoms with van der Waals surface area (Å²) in [5, 5.41) is 13.9. The van der Waals surface area contributed by atoms with Crippen molar-refractivity contribution in [3.05, 3.63) is 74.7 Å². The predicted octanol–water partition coefficient (Wildman–Crippen LogP) is 2.41. The fourth-order valence-electron chi connectivity index (χ4n) is 5.20. The molecule has 5 rings (SSSR count). The maximum absolute atomic E-state index is 13.5. The Morgan fingerprint density at radius 3 is 2.55 bits per heavy atom. The monoisotopic (exact) mass is 537 g/mol. The average molecular weight is 538 g/mol. The number of rotatable bonds is 7. The van der Waals surface area contributed by atoms with Gasteiger partial charge in [-0.05, 0) is 47.2 Å². The molecule has 2 aliphatic heterocycles. The lowest BCUT2D eigenvalue weighted by molar-refractivity contribution is -0.142. The van der Waals surface area contributed by atoms with Crippen LogP contribution in [0.2, 0.25) is 5.02 Å². The van der Waals surface area contributed by atoms with E-state index in [1.54, 1.807) is 41.4 Å². The van der Waals surface area contributed by atoms with Gasteiger partial charge in [-0.15, -0.1) is 0 Å². The van der Waals surface area contributed by atoms with Gasteiger partial charge in [-0.1, -0.05) is 37.6 Å². The summed E-state index contributed by atoms with van der Waals surface area (Å²) in [6.45, 7) is 7.45. The predicted molar refractivity (Wildman–Crippen MR) is 145 cm³/mol. The summed E-state index contributed by atoms with van der Waals surface area (Å²) in [5.74, 6) is -0.699. The van der Waals surface area contributed by atoms with Crippen molar-refractivity contribution >= 4 is 34.4 Å². The molecule has 9 nitrogen and oxygen atoms in total. The fraction of sp³-hybridized carbons (Fsp3) is 0.429. The minimum Gasteiger partial charge on any atom is -0.392 e. The molecule has 2 aliphatic rings. The van der Waals surface area contributed by atoms with Crippen LogP contribution in [-0.2, 0) is 24.4 Å². The maximum atomic E-state index is 13.5. The first kappa shape index (κ1) is 26.3. The number of likely N-dealkylation sites (tertiary alicyclic amines) is 2. The van der Waals surface area contributed by atoms with Crippen LogP contribution in [0.15, 0.2) is 47.4 Å².